The van der Waals surface area contributed by atoms with Crippen LogP contribution in [0.2, 0.25) is 0 Å². The molecule has 0 amide bonds. The molecule has 1 heterocycles. The molecule has 1 aromatic carbocycles. The van der Waals surface area contributed by atoms with E-state index in [4.69, 9.17) is 9.47 Å². The molecule has 1 saturated heterocycles. The summed E-state index contributed by atoms with van der Waals surface area (Å²) in [4.78, 5) is 11.7. The topological polar surface area (TPSA) is 76.0 Å². The SMILES string of the molecule is COc1ccc(C)cc1C1(C(=O)O)CC(C)(O)CO1. The van der Waals surface area contributed by atoms with Gasteiger partial charge in [-0.3, -0.25) is 0 Å². The summed E-state index contributed by atoms with van der Waals surface area (Å²) >= 11 is 0. The highest BCUT2D eigenvalue weighted by Crippen LogP contribution is 2.44. The van der Waals surface area contributed by atoms with E-state index in [0.717, 1.165) is 5.56 Å². The maximum atomic E-state index is 11.7. The number of hydrogen-bond donors (Lipinski definition) is 2. The summed E-state index contributed by atoms with van der Waals surface area (Å²) in [5.41, 5.74) is -1.36. The van der Waals surface area contributed by atoms with Gasteiger partial charge in [0, 0.05) is 12.0 Å². The molecule has 5 heteroatoms. The van der Waals surface area contributed by atoms with Crippen molar-refractivity contribution in [2.75, 3.05) is 13.7 Å². The van der Waals surface area contributed by atoms with E-state index in [-0.39, 0.29) is 13.0 Å². The van der Waals surface area contributed by atoms with Gasteiger partial charge in [0.2, 0.25) is 0 Å². The molecule has 0 saturated carbocycles. The molecule has 2 unspecified atom stereocenters. The van der Waals surface area contributed by atoms with Gasteiger partial charge in [0.05, 0.1) is 19.3 Å². The zero-order valence-corrected chi connectivity index (χ0v) is 11.3. The maximum Gasteiger partial charge on any atom is 0.340 e. The lowest BCUT2D eigenvalue weighted by molar-refractivity contribution is -0.161. The molecular formula is C14H18O5. The highest BCUT2D eigenvalue weighted by Gasteiger charge is 2.54. The highest BCUT2D eigenvalue weighted by molar-refractivity contribution is 5.81. The zero-order chi connectivity index (χ0) is 14.3. The van der Waals surface area contributed by atoms with Crippen molar-refractivity contribution in [3.63, 3.8) is 0 Å². The van der Waals surface area contributed by atoms with E-state index < -0.39 is 17.2 Å². The van der Waals surface area contributed by atoms with E-state index in [1.165, 1.54) is 7.11 Å². The Bertz CT molecular complexity index is 509. The molecule has 2 N–H and O–H groups in total. The number of carbonyl (C=O) groups is 1. The summed E-state index contributed by atoms with van der Waals surface area (Å²) < 4.78 is 10.7. The molecule has 0 aromatic heterocycles. The lowest BCUT2D eigenvalue weighted by Gasteiger charge is -2.26. The lowest BCUT2D eigenvalue weighted by atomic mass is 9.85. The van der Waals surface area contributed by atoms with Gasteiger partial charge in [-0.2, -0.15) is 0 Å². The van der Waals surface area contributed by atoms with Crippen LogP contribution in [0.4, 0.5) is 0 Å². The van der Waals surface area contributed by atoms with Crippen LogP contribution in [0.5, 0.6) is 5.75 Å². The van der Waals surface area contributed by atoms with Crippen molar-refractivity contribution in [2.24, 2.45) is 0 Å². The number of aliphatic hydroxyl groups is 1. The molecular weight excluding hydrogens is 248 g/mol. The minimum atomic E-state index is -1.55. The Balaban J connectivity index is 2.58. The second kappa shape index (κ2) is 4.51. The van der Waals surface area contributed by atoms with Crippen molar-refractivity contribution < 1.29 is 24.5 Å². The number of rotatable bonds is 3. The van der Waals surface area contributed by atoms with Gasteiger partial charge in [0.25, 0.3) is 0 Å². The Hall–Kier alpha value is -1.59. The third kappa shape index (κ3) is 2.31. The summed E-state index contributed by atoms with van der Waals surface area (Å²) in [6.45, 7) is 3.42. The van der Waals surface area contributed by atoms with E-state index in [9.17, 15) is 15.0 Å². The number of hydrogen-bond acceptors (Lipinski definition) is 4. The van der Waals surface area contributed by atoms with E-state index in [1.54, 1.807) is 19.1 Å². The van der Waals surface area contributed by atoms with E-state index in [0.29, 0.717) is 11.3 Å². The molecule has 2 atom stereocenters. The molecule has 104 valence electrons. The number of carboxylic acid groups (broad SMARTS) is 1. The fraction of sp³-hybridized carbons (Fsp3) is 0.500. The number of carboxylic acids is 1. The van der Waals surface area contributed by atoms with Gasteiger partial charge < -0.3 is 19.7 Å². The molecule has 0 bridgehead atoms. The number of aryl methyl sites for hydroxylation is 1. The van der Waals surface area contributed by atoms with Crippen molar-refractivity contribution in [3.05, 3.63) is 29.3 Å². The standard InChI is InChI=1S/C14H18O5/c1-9-4-5-11(18-3)10(6-9)14(12(15)16)7-13(2,17)8-19-14/h4-6,17H,7-8H2,1-3H3,(H,15,16). The van der Waals surface area contributed by atoms with Crippen molar-refractivity contribution in [1.82, 2.24) is 0 Å². The van der Waals surface area contributed by atoms with Crippen LogP contribution in [0.1, 0.15) is 24.5 Å². The lowest BCUT2D eigenvalue weighted by Crippen LogP contribution is -2.37. The Morgan fingerprint density at radius 3 is 2.63 bits per heavy atom. The average Bonchev–Trinajstić information content (AvgIpc) is 2.67. The van der Waals surface area contributed by atoms with Crippen molar-refractivity contribution >= 4 is 5.97 Å². The van der Waals surface area contributed by atoms with Crippen LogP contribution in [0.25, 0.3) is 0 Å². The van der Waals surface area contributed by atoms with E-state index in [2.05, 4.69) is 0 Å². The molecule has 1 aromatic rings. The summed E-state index contributed by atoms with van der Waals surface area (Å²) in [5.74, 6) is -0.667. The van der Waals surface area contributed by atoms with Crippen molar-refractivity contribution in [3.8, 4) is 5.75 Å². The first-order chi connectivity index (χ1) is 8.81. The minimum absolute atomic E-state index is 0.00481. The molecule has 0 aliphatic carbocycles. The smallest absolute Gasteiger partial charge is 0.340 e. The van der Waals surface area contributed by atoms with Crippen LogP contribution >= 0.6 is 0 Å². The van der Waals surface area contributed by atoms with Crippen molar-refractivity contribution in [2.45, 2.75) is 31.5 Å². The van der Waals surface area contributed by atoms with Crippen LogP contribution in [0.15, 0.2) is 18.2 Å². The molecule has 1 aliphatic rings. The minimum Gasteiger partial charge on any atom is -0.496 e. The third-order valence-corrected chi connectivity index (χ3v) is 3.39. The number of benzene rings is 1. The Morgan fingerprint density at radius 2 is 2.16 bits per heavy atom. The van der Waals surface area contributed by atoms with Crippen LogP contribution in [-0.2, 0) is 15.1 Å². The molecule has 0 radical (unpaired) electrons. The largest absolute Gasteiger partial charge is 0.496 e. The van der Waals surface area contributed by atoms with Gasteiger partial charge in [0.1, 0.15) is 5.75 Å². The van der Waals surface area contributed by atoms with Gasteiger partial charge >= 0.3 is 5.97 Å². The molecule has 2 rings (SSSR count). The first-order valence-electron chi connectivity index (χ1n) is 6.06. The van der Waals surface area contributed by atoms with Crippen molar-refractivity contribution in [1.29, 1.82) is 0 Å². The van der Waals surface area contributed by atoms with Gasteiger partial charge in [-0.25, -0.2) is 4.79 Å². The molecule has 5 nitrogen and oxygen atoms in total. The van der Waals surface area contributed by atoms with Gasteiger partial charge in [-0.15, -0.1) is 0 Å². The molecule has 19 heavy (non-hydrogen) atoms. The molecule has 1 fully saturated rings. The van der Waals surface area contributed by atoms with Gasteiger partial charge in [-0.05, 0) is 26.0 Å². The second-order valence-electron chi connectivity index (χ2n) is 5.30. The van der Waals surface area contributed by atoms with E-state index in [1.807, 2.05) is 13.0 Å². The van der Waals surface area contributed by atoms with Crippen LogP contribution in [-0.4, -0.2) is 35.5 Å². The summed E-state index contributed by atoms with van der Waals surface area (Å²) in [6.07, 6.45) is -0.00481. The highest BCUT2D eigenvalue weighted by atomic mass is 16.5. The van der Waals surface area contributed by atoms with Gasteiger partial charge in [0.15, 0.2) is 5.60 Å². The fourth-order valence-corrected chi connectivity index (χ4v) is 2.48. The Kier molecular flexibility index (Phi) is 3.28. The quantitative estimate of drug-likeness (QED) is 0.866. The monoisotopic (exact) mass is 266 g/mol. The third-order valence-electron chi connectivity index (χ3n) is 3.39. The zero-order valence-electron chi connectivity index (χ0n) is 11.3. The first kappa shape index (κ1) is 13.8. The fourth-order valence-electron chi connectivity index (χ4n) is 2.48. The van der Waals surface area contributed by atoms with Crippen LogP contribution < -0.4 is 4.74 Å². The predicted octanol–water partition coefficient (Wildman–Crippen LogP) is 1.45. The Labute approximate surface area is 111 Å². The molecule has 0 spiro atoms. The maximum absolute atomic E-state index is 11.7. The summed E-state index contributed by atoms with van der Waals surface area (Å²) in [6, 6.07) is 5.28. The van der Waals surface area contributed by atoms with E-state index >= 15 is 0 Å². The number of aliphatic carboxylic acids is 1. The number of ether oxygens (including phenoxy) is 2. The van der Waals surface area contributed by atoms with Crippen LogP contribution in [0.3, 0.4) is 0 Å². The van der Waals surface area contributed by atoms with Crippen LogP contribution in [0, 0.1) is 6.92 Å². The predicted molar refractivity (Wildman–Crippen MR) is 68.2 cm³/mol. The first-order valence-corrected chi connectivity index (χ1v) is 6.06. The normalized spacial score (nSPS) is 30.3. The number of methoxy groups -OCH3 is 1. The summed E-state index contributed by atoms with van der Waals surface area (Å²) in [7, 11) is 1.48. The Morgan fingerprint density at radius 1 is 1.47 bits per heavy atom. The molecule has 1 aliphatic heterocycles. The second-order valence-corrected chi connectivity index (χ2v) is 5.30. The average molecular weight is 266 g/mol. The summed E-state index contributed by atoms with van der Waals surface area (Å²) in [5, 5.41) is 19.6. The van der Waals surface area contributed by atoms with Gasteiger partial charge in [-0.1, -0.05) is 11.6 Å².